The molecule has 0 saturated carbocycles. The molecule has 0 saturated heterocycles. The zero-order valence-corrected chi connectivity index (χ0v) is 10.1. The van der Waals surface area contributed by atoms with Crippen LogP contribution in [0.4, 0.5) is 0 Å². The lowest BCUT2D eigenvalue weighted by Gasteiger charge is -2.10. The fraction of sp³-hybridized carbons (Fsp3) is 0.583. The van der Waals surface area contributed by atoms with Crippen molar-refractivity contribution in [3.8, 4) is 0 Å². The number of nitrogens with zero attached hydrogens (tertiary/aromatic N) is 1. The van der Waals surface area contributed by atoms with Gasteiger partial charge in [-0.2, -0.15) is 0 Å². The fourth-order valence-corrected chi connectivity index (χ4v) is 1.54. The maximum absolute atomic E-state index is 11.6. The van der Waals surface area contributed by atoms with E-state index >= 15 is 0 Å². The van der Waals surface area contributed by atoms with Gasteiger partial charge in [-0.15, -0.1) is 0 Å². The first-order valence-electron chi connectivity index (χ1n) is 5.77. The second-order valence-corrected chi connectivity index (χ2v) is 4.15. The number of hydrogen-bond donors (Lipinski definition) is 2. The number of rotatable bonds is 6. The number of amides is 1. The topological polar surface area (TPSA) is 60.1 Å². The molecule has 0 spiro atoms. The Kier molecular flexibility index (Phi) is 5.05. The van der Waals surface area contributed by atoms with E-state index < -0.39 is 0 Å². The standard InChI is InChI=1S/C12H21N3O/c1-3-4-5-11(13)12(16)14-8-10-6-7-15(2)9-10/h6-7,9,11H,3-5,8,13H2,1-2H3,(H,14,16)/t11-/m0/s1. The maximum Gasteiger partial charge on any atom is 0.237 e. The summed E-state index contributed by atoms with van der Waals surface area (Å²) >= 11 is 0. The Morgan fingerprint density at radius 1 is 1.62 bits per heavy atom. The van der Waals surface area contributed by atoms with E-state index in [0.29, 0.717) is 6.54 Å². The summed E-state index contributed by atoms with van der Waals surface area (Å²) in [5, 5.41) is 2.84. The fourth-order valence-electron chi connectivity index (χ4n) is 1.54. The maximum atomic E-state index is 11.6. The van der Waals surface area contributed by atoms with Crippen LogP contribution in [0.3, 0.4) is 0 Å². The third-order valence-electron chi connectivity index (χ3n) is 2.57. The molecule has 1 aromatic rings. The van der Waals surface area contributed by atoms with E-state index in [0.717, 1.165) is 24.8 Å². The minimum Gasteiger partial charge on any atom is -0.357 e. The van der Waals surface area contributed by atoms with Gasteiger partial charge >= 0.3 is 0 Å². The average molecular weight is 223 g/mol. The molecule has 0 fully saturated rings. The zero-order valence-electron chi connectivity index (χ0n) is 10.1. The highest BCUT2D eigenvalue weighted by Gasteiger charge is 2.11. The number of aryl methyl sites for hydroxylation is 1. The van der Waals surface area contributed by atoms with Crippen molar-refractivity contribution in [1.82, 2.24) is 9.88 Å². The predicted molar refractivity (Wildman–Crippen MR) is 64.8 cm³/mol. The number of nitrogens with two attached hydrogens (primary N) is 1. The van der Waals surface area contributed by atoms with Gasteiger partial charge in [-0.3, -0.25) is 4.79 Å². The molecule has 0 aromatic carbocycles. The van der Waals surface area contributed by atoms with Crippen LogP contribution < -0.4 is 11.1 Å². The van der Waals surface area contributed by atoms with Crippen LogP contribution >= 0.6 is 0 Å². The quantitative estimate of drug-likeness (QED) is 0.760. The Morgan fingerprint density at radius 3 is 2.94 bits per heavy atom. The van der Waals surface area contributed by atoms with Gasteiger partial charge in [0.15, 0.2) is 0 Å². The molecule has 3 N–H and O–H groups in total. The van der Waals surface area contributed by atoms with Crippen LogP contribution in [0.1, 0.15) is 31.7 Å². The van der Waals surface area contributed by atoms with Gasteiger partial charge < -0.3 is 15.6 Å². The van der Waals surface area contributed by atoms with Gasteiger partial charge in [-0.1, -0.05) is 19.8 Å². The molecule has 4 nitrogen and oxygen atoms in total. The molecule has 1 amide bonds. The molecule has 4 heteroatoms. The second kappa shape index (κ2) is 6.33. The van der Waals surface area contributed by atoms with Crippen LogP contribution in [0.25, 0.3) is 0 Å². The molecule has 0 radical (unpaired) electrons. The second-order valence-electron chi connectivity index (χ2n) is 4.15. The Balaban J connectivity index is 2.29. The number of nitrogens with one attached hydrogen (secondary N) is 1. The van der Waals surface area contributed by atoms with Crippen molar-refractivity contribution in [3.05, 3.63) is 24.0 Å². The number of aromatic nitrogens is 1. The van der Waals surface area contributed by atoms with Gasteiger partial charge in [0, 0.05) is 26.0 Å². The van der Waals surface area contributed by atoms with Crippen molar-refractivity contribution in [2.75, 3.05) is 0 Å². The lowest BCUT2D eigenvalue weighted by atomic mass is 10.1. The van der Waals surface area contributed by atoms with Crippen LogP contribution in [0, 0.1) is 0 Å². The minimum absolute atomic E-state index is 0.0581. The Bertz CT molecular complexity index is 333. The van der Waals surface area contributed by atoms with E-state index in [9.17, 15) is 4.79 Å². The molecular formula is C12H21N3O. The van der Waals surface area contributed by atoms with Gasteiger partial charge in [-0.05, 0) is 18.1 Å². The van der Waals surface area contributed by atoms with E-state index in [-0.39, 0.29) is 11.9 Å². The number of carbonyl (C=O) groups is 1. The van der Waals surface area contributed by atoms with E-state index in [1.807, 2.05) is 30.1 Å². The summed E-state index contributed by atoms with van der Waals surface area (Å²) in [5.74, 6) is -0.0581. The highest BCUT2D eigenvalue weighted by molar-refractivity contribution is 5.81. The molecular weight excluding hydrogens is 202 g/mol. The molecule has 16 heavy (non-hydrogen) atoms. The number of unbranched alkanes of at least 4 members (excludes halogenated alkanes) is 1. The minimum atomic E-state index is -0.372. The van der Waals surface area contributed by atoms with Gasteiger partial charge in [0.25, 0.3) is 0 Å². The molecule has 0 aliphatic carbocycles. The van der Waals surface area contributed by atoms with Gasteiger partial charge in [-0.25, -0.2) is 0 Å². The van der Waals surface area contributed by atoms with Gasteiger partial charge in [0.2, 0.25) is 5.91 Å². The third kappa shape index (κ3) is 4.06. The first-order chi connectivity index (χ1) is 7.63. The summed E-state index contributed by atoms with van der Waals surface area (Å²) in [4.78, 5) is 11.6. The summed E-state index contributed by atoms with van der Waals surface area (Å²) in [7, 11) is 1.96. The van der Waals surface area contributed by atoms with Crippen LogP contribution in [-0.2, 0) is 18.4 Å². The van der Waals surface area contributed by atoms with Gasteiger partial charge in [0.1, 0.15) is 0 Å². The highest BCUT2D eigenvalue weighted by Crippen LogP contribution is 2.01. The highest BCUT2D eigenvalue weighted by atomic mass is 16.2. The van der Waals surface area contributed by atoms with E-state index in [2.05, 4.69) is 12.2 Å². The largest absolute Gasteiger partial charge is 0.357 e. The van der Waals surface area contributed by atoms with Crippen molar-refractivity contribution in [2.24, 2.45) is 12.8 Å². The normalized spacial score (nSPS) is 12.4. The van der Waals surface area contributed by atoms with Gasteiger partial charge in [0.05, 0.1) is 6.04 Å². The first kappa shape index (κ1) is 12.8. The first-order valence-corrected chi connectivity index (χ1v) is 5.77. The average Bonchev–Trinajstić information content (AvgIpc) is 2.68. The summed E-state index contributed by atoms with van der Waals surface area (Å²) in [6, 6.07) is 1.61. The van der Waals surface area contributed by atoms with E-state index in [1.165, 1.54) is 0 Å². The Morgan fingerprint density at radius 2 is 2.38 bits per heavy atom. The molecule has 1 heterocycles. The summed E-state index contributed by atoms with van der Waals surface area (Å²) in [6.45, 7) is 2.65. The van der Waals surface area contributed by atoms with Crippen molar-refractivity contribution in [3.63, 3.8) is 0 Å². The molecule has 1 atom stereocenters. The summed E-state index contributed by atoms with van der Waals surface area (Å²) < 4.78 is 1.96. The van der Waals surface area contributed by atoms with Crippen molar-refractivity contribution in [1.29, 1.82) is 0 Å². The predicted octanol–water partition coefficient (Wildman–Crippen LogP) is 1.16. The number of hydrogen-bond acceptors (Lipinski definition) is 2. The molecule has 0 bridgehead atoms. The Labute approximate surface area is 96.8 Å². The molecule has 1 rings (SSSR count). The molecule has 0 aliphatic heterocycles. The number of carbonyl (C=O) groups excluding carboxylic acids is 1. The Hall–Kier alpha value is -1.29. The van der Waals surface area contributed by atoms with Crippen molar-refractivity contribution < 1.29 is 4.79 Å². The van der Waals surface area contributed by atoms with Crippen molar-refractivity contribution in [2.45, 2.75) is 38.8 Å². The van der Waals surface area contributed by atoms with Crippen LogP contribution in [0.5, 0.6) is 0 Å². The SMILES string of the molecule is CCCC[C@H](N)C(=O)NCc1ccn(C)c1. The van der Waals surface area contributed by atoms with Crippen molar-refractivity contribution >= 4 is 5.91 Å². The van der Waals surface area contributed by atoms with Crippen LogP contribution in [-0.4, -0.2) is 16.5 Å². The summed E-state index contributed by atoms with van der Waals surface area (Å²) in [5.41, 5.74) is 6.85. The smallest absolute Gasteiger partial charge is 0.237 e. The third-order valence-corrected chi connectivity index (χ3v) is 2.57. The molecule has 90 valence electrons. The lowest BCUT2D eigenvalue weighted by Crippen LogP contribution is -2.40. The van der Waals surface area contributed by atoms with Crippen LogP contribution in [0.2, 0.25) is 0 Å². The molecule has 0 aliphatic rings. The van der Waals surface area contributed by atoms with E-state index in [1.54, 1.807) is 0 Å². The van der Waals surface area contributed by atoms with E-state index in [4.69, 9.17) is 5.73 Å². The van der Waals surface area contributed by atoms with Crippen LogP contribution in [0.15, 0.2) is 18.5 Å². The molecule has 1 aromatic heterocycles. The lowest BCUT2D eigenvalue weighted by molar-refractivity contribution is -0.122. The zero-order chi connectivity index (χ0) is 12.0. The monoisotopic (exact) mass is 223 g/mol. The summed E-state index contributed by atoms with van der Waals surface area (Å²) in [6.07, 6.45) is 6.77. The molecule has 0 unspecified atom stereocenters.